The number of rotatable bonds is 12. The van der Waals surface area contributed by atoms with Crippen molar-refractivity contribution in [2.45, 2.75) is 39.3 Å². The van der Waals surface area contributed by atoms with E-state index in [2.05, 4.69) is 173 Å². The second-order valence-corrected chi connectivity index (χ2v) is 20.2. The SMILES string of the molecule is c1ccc(Cn2c3cc(ncn3)n(Cc3ccccc3)c3cccc(n3)n(Cc3ccccc3)c3cc(ncn3)n(Cc3ccccc3)c3cccc(n3)n(Cc3ccccc3)c3cc(ncn3)n(Cc3ccccc3)c3cccc2n3)cc1. The highest BCUT2D eigenvalue weighted by Gasteiger charge is 2.12. The zero-order chi connectivity index (χ0) is 56.3. The van der Waals surface area contributed by atoms with Crippen LogP contribution in [0.2, 0.25) is 0 Å². The molecule has 7 aromatic heterocycles. The third kappa shape index (κ3) is 12.1. The Morgan fingerprint density at radius 2 is 0.345 bits per heavy atom. The molecule has 0 atom stereocenters. The van der Waals surface area contributed by atoms with Gasteiger partial charge in [0.15, 0.2) is 0 Å². The third-order valence-electron chi connectivity index (χ3n) is 14.5. The van der Waals surface area contributed by atoms with Crippen molar-refractivity contribution in [3.63, 3.8) is 0 Å². The fourth-order valence-corrected chi connectivity index (χ4v) is 10.3. The Labute approximate surface area is 484 Å². The maximum atomic E-state index is 5.53. The zero-order valence-corrected chi connectivity index (χ0v) is 45.9. The Kier molecular flexibility index (Phi) is 15.3. The lowest BCUT2D eigenvalue weighted by molar-refractivity contribution is 0.797. The first kappa shape index (κ1) is 52.2. The third-order valence-corrected chi connectivity index (χ3v) is 14.5. The van der Waals surface area contributed by atoms with Crippen molar-refractivity contribution >= 4 is 67.8 Å². The van der Waals surface area contributed by atoms with Crippen molar-refractivity contribution in [2.24, 2.45) is 0 Å². The molecule has 0 saturated carbocycles. The highest BCUT2D eigenvalue weighted by molar-refractivity contribution is 5.65. The molecule has 0 N–H and O–H groups in total. The smallest absolute Gasteiger partial charge is 0.139 e. The van der Waals surface area contributed by atoms with Crippen LogP contribution in [-0.2, 0) is 39.3 Å². The van der Waals surface area contributed by atoms with Gasteiger partial charge in [-0.05, 0) is 69.8 Å². The average Bonchev–Trinajstić information content (AvgIpc) is 3.74. The summed E-state index contributed by atoms with van der Waals surface area (Å²) in [6.07, 6.45) is 4.87. The molecule has 0 radical (unpaired) electrons. The maximum absolute atomic E-state index is 5.53. The second-order valence-electron chi connectivity index (χ2n) is 20.2. The molecule has 84 heavy (non-hydrogen) atoms. The quantitative estimate of drug-likeness (QED) is 0.117. The molecular weight excluding hydrogens is 1040 g/mol. The first-order chi connectivity index (χ1) is 41.6. The van der Waals surface area contributed by atoms with Gasteiger partial charge in [-0.25, -0.2) is 44.9 Å². The van der Waals surface area contributed by atoms with Gasteiger partial charge in [0.2, 0.25) is 0 Å². The summed E-state index contributed by atoms with van der Waals surface area (Å²) in [6.45, 7) is 2.72. The van der Waals surface area contributed by atoms with Crippen LogP contribution < -0.4 is 0 Å². The molecule has 15 nitrogen and oxygen atoms in total. The van der Waals surface area contributed by atoms with E-state index in [4.69, 9.17) is 44.9 Å². The van der Waals surface area contributed by atoms with Gasteiger partial charge in [0, 0.05) is 18.2 Å². The summed E-state index contributed by atoms with van der Waals surface area (Å²) in [4.78, 5) is 46.7. The Morgan fingerprint density at radius 1 is 0.179 bits per heavy atom. The fourth-order valence-electron chi connectivity index (χ4n) is 10.3. The first-order valence-electron chi connectivity index (χ1n) is 27.9. The average molecular weight is 1100 g/mol. The minimum Gasteiger partial charge on any atom is -0.306 e. The van der Waals surface area contributed by atoms with Crippen molar-refractivity contribution < 1.29 is 0 Å². The van der Waals surface area contributed by atoms with E-state index < -0.39 is 0 Å². The van der Waals surface area contributed by atoms with E-state index in [-0.39, 0.29) is 0 Å². The molecule has 0 unspecified atom stereocenters. The zero-order valence-electron chi connectivity index (χ0n) is 45.9. The molecule has 0 aliphatic heterocycles. The Morgan fingerprint density at radius 3 is 0.512 bits per heavy atom. The molecule has 0 aliphatic rings. The molecule has 13 rings (SSSR count). The molecule has 13 aromatic rings. The molecular formula is C69H57N15. The van der Waals surface area contributed by atoms with Gasteiger partial charge in [0.25, 0.3) is 0 Å². The van der Waals surface area contributed by atoms with Crippen molar-refractivity contribution in [1.82, 2.24) is 72.3 Å². The molecule has 0 amide bonds. The van der Waals surface area contributed by atoms with Gasteiger partial charge >= 0.3 is 0 Å². The summed E-state index contributed by atoms with van der Waals surface area (Å²) in [5.41, 5.74) is 14.3. The predicted molar refractivity (Wildman–Crippen MR) is 332 cm³/mol. The van der Waals surface area contributed by atoms with Crippen LogP contribution in [0.15, 0.2) is 274 Å². The molecule has 0 aliphatic carbocycles. The normalized spacial score (nSPS) is 11.1. The monoisotopic (exact) mass is 1100 g/mol. The number of pyridine rings is 3. The van der Waals surface area contributed by atoms with Gasteiger partial charge in [0.05, 0.1) is 39.3 Å². The molecule has 408 valence electrons. The van der Waals surface area contributed by atoms with Gasteiger partial charge in [-0.1, -0.05) is 200 Å². The van der Waals surface area contributed by atoms with Crippen LogP contribution in [0.3, 0.4) is 0 Å². The van der Waals surface area contributed by atoms with Gasteiger partial charge in [-0.3, -0.25) is 0 Å². The van der Waals surface area contributed by atoms with E-state index >= 15 is 0 Å². The van der Waals surface area contributed by atoms with Gasteiger partial charge < -0.3 is 27.4 Å². The largest absolute Gasteiger partial charge is 0.306 e. The van der Waals surface area contributed by atoms with Crippen molar-refractivity contribution in [2.75, 3.05) is 0 Å². The highest BCUT2D eigenvalue weighted by atomic mass is 15.2. The van der Waals surface area contributed by atoms with Crippen molar-refractivity contribution in [3.8, 4) is 0 Å². The maximum Gasteiger partial charge on any atom is 0.139 e. The number of hydrogen-bond donors (Lipinski definition) is 0. The van der Waals surface area contributed by atoms with Crippen molar-refractivity contribution in [3.05, 3.63) is 307 Å². The van der Waals surface area contributed by atoms with Crippen LogP contribution in [0.1, 0.15) is 33.4 Å². The Balaban J connectivity index is 1.20. The van der Waals surface area contributed by atoms with E-state index in [1.165, 1.54) is 0 Å². The van der Waals surface area contributed by atoms with E-state index in [1.807, 2.05) is 109 Å². The Bertz CT molecular complexity index is 3790. The predicted octanol–water partition coefficient (Wildman–Crippen LogP) is 13.3. The number of benzene rings is 6. The summed E-state index contributed by atoms with van der Waals surface area (Å²) in [5, 5.41) is 0. The van der Waals surface area contributed by atoms with Crippen LogP contribution in [0.5, 0.6) is 0 Å². The van der Waals surface area contributed by atoms with Crippen LogP contribution in [0, 0.1) is 0 Å². The van der Waals surface area contributed by atoms with Crippen LogP contribution in [-0.4, -0.2) is 72.3 Å². The van der Waals surface area contributed by atoms with Gasteiger partial charge in [-0.2, -0.15) is 0 Å². The lowest BCUT2D eigenvalue weighted by Crippen LogP contribution is -2.10. The molecule has 12 bridgehead atoms. The Hall–Kier alpha value is -11.2. The number of aromatic nitrogens is 15. The molecule has 0 fully saturated rings. The standard InChI is InChI=1S/C69H57N15/c1-7-22-52(23-8-1)43-79-58-34-19-35-59(76-58)80(44-53-24-9-2-10-25-53)66-41-67(73-50-72-66)83(47-56-30-15-5-16-31-56)62-38-21-39-63(78-62)84(48-57-32-17-6-18-33-57)69-42-68(74-51-75-69)82(46-55-28-13-4-14-29-55)61-37-20-36-60(77-61)81(45-54-26-11-3-12-27-54)65-40-64(79)70-49-71-65/h1-42,49-51H,43-48H2. The van der Waals surface area contributed by atoms with Crippen LogP contribution in [0.4, 0.5) is 0 Å². The van der Waals surface area contributed by atoms with E-state index in [9.17, 15) is 0 Å². The fraction of sp³-hybridized carbons (Fsp3) is 0.0870. The lowest BCUT2D eigenvalue weighted by atomic mass is 10.2. The topological polar surface area (TPSA) is 146 Å². The van der Waals surface area contributed by atoms with E-state index in [0.29, 0.717) is 107 Å². The minimum absolute atomic E-state index is 0.454. The number of nitrogens with zero attached hydrogens (tertiary/aromatic N) is 15. The highest BCUT2D eigenvalue weighted by Crippen LogP contribution is 2.21. The van der Waals surface area contributed by atoms with Gasteiger partial charge in [0.1, 0.15) is 86.7 Å². The van der Waals surface area contributed by atoms with Gasteiger partial charge in [-0.15, -0.1) is 0 Å². The summed E-state index contributed by atoms with van der Waals surface area (Å²) in [7, 11) is 0. The molecule has 0 spiro atoms. The number of hydrogen-bond acceptors (Lipinski definition) is 9. The number of fused-ring (bicyclic) bond motifs is 12. The molecule has 15 heteroatoms. The molecule has 7 heterocycles. The second kappa shape index (κ2) is 24.7. The van der Waals surface area contributed by atoms with Crippen LogP contribution >= 0.6 is 0 Å². The minimum atomic E-state index is 0.454. The van der Waals surface area contributed by atoms with Crippen LogP contribution in [0.25, 0.3) is 67.8 Å². The summed E-state index contributed by atoms with van der Waals surface area (Å²) < 4.78 is 12.8. The summed E-state index contributed by atoms with van der Waals surface area (Å²) >= 11 is 0. The summed E-state index contributed by atoms with van der Waals surface area (Å²) in [5.74, 6) is 0. The summed E-state index contributed by atoms with van der Waals surface area (Å²) in [6, 6.07) is 86.6. The van der Waals surface area contributed by atoms with E-state index in [0.717, 1.165) is 33.4 Å². The first-order valence-corrected chi connectivity index (χ1v) is 27.9. The molecule has 6 aromatic carbocycles. The lowest BCUT2D eigenvalue weighted by Gasteiger charge is -2.15. The molecule has 0 saturated heterocycles. The van der Waals surface area contributed by atoms with Crippen molar-refractivity contribution in [1.29, 1.82) is 0 Å². The van der Waals surface area contributed by atoms with E-state index in [1.54, 1.807) is 19.0 Å².